The van der Waals surface area contributed by atoms with Crippen molar-refractivity contribution in [1.82, 2.24) is 0 Å². The molecule has 0 N–H and O–H groups in total. The highest BCUT2D eigenvalue weighted by atomic mass is 127. The van der Waals surface area contributed by atoms with E-state index in [1.165, 1.54) is 44.9 Å². The zero-order valence-electron chi connectivity index (χ0n) is 9.75. The van der Waals surface area contributed by atoms with E-state index in [-0.39, 0.29) is 0 Å². The highest BCUT2D eigenvalue weighted by Gasteiger charge is 2.29. The molecule has 0 heterocycles. The smallest absolute Gasteiger partial charge is 0.0692 e. The normalized spacial score (nSPS) is 34.8. The van der Waals surface area contributed by atoms with E-state index in [9.17, 15) is 0 Å². The van der Waals surface area contributed by atoms with Crippen molar-refractivity contribution in [3.8, 4) is 0 Å². The first kappa shape index (κ1) is 12.2. The zero-order valence-corrected chi connectivity index (χ0v) is 11.9. The van der Waals surface area contributed by atoms with Crippen molar-refractivity contribution < 1.29 is 4.74 Å². The maximum absolute atomic E-state index is 6.13. The number of hydrogen-bond donors (Lipinski definition) is 0. The van der Waals surface area contributed by atoms with E-state index in [2.05, 4.69) is 29.5 Å². The van der Waals surface area contributed by atoms with Crippen LogP contribution in [0.2, 0.25) is 0 Å². The number of alkyl halides is 1. The minimum Gasteiger partial charge on any atom is -0.377 e. The fraction of sp³-hybridized carbons (Fsp3) is 1.00. The van der Waals surface area contributed by atoms with Crippen LogP contribution < -0.4 is 0 Å². The zero-order chi connectivity index (χ0) is 10.7. The molecule has 0 bridgehead atoms. The Morgan fingerprint density at radius 1 is 1.13 bits per heavy atom. The molecule has 0 radical (unpaired) electrons. The van der Waals surface area contributed by atoms with Crippen molar-refractivity contribution >= 4 is 22.6 Å². The molecule has 0 saturated heterocycles. The molecule has 1 nitrogen and oxygen atoms in total. The summed E-state index contributed by atoms with van der Waals surface area (Å²) in [4.78, 5) is 0. The van der Waals surface area contributed by atoms with Gasteiger partial charge in [-0.25, -0.2) is 0 Å². The van der Waals surface area contributed by atoms with Gasteiger partial charge in [-0.15, -0.1) is 0 Å². The van der Waals surface area contributed by atoms with Crippen molar-refractivity contribution in [3.05, 3.63) is 0 Å². The fourth-order valence-electron chi connectivity index (χ4n) is 2.49. The summed E-state index contributed by atoms with van der Waals surface area (Å²) in [7, 11) is 0. The molecule has 3 atom stereocenters. The summed E-state index contributed by atoms with van der Waals surface area (Å²) in [5.74, 6) is 1.79. The molecule has 2 heteroatoms. The second kappa shape index (κ2) is 5.85. The second-order valence-corrected chi connectivity index (χ2v) is 6.94. The van der Waals surface area contributed by atoms with E-state index >= 15 is 0 Å². The minimum atomic E-state index is 0.550. The van der Waals surface area contributed by atoms with Gasteiger partial charge in [-0.3, -0.25) is 0 Å². The molecule has 3 unspecified atom stereocenters. The van der Waals surface area contributed by atoms with Gasteiger partial charge in [0.2, 0.25) is 0 Å². The van der Waals surface area contributed by atoms with Crippen LogP contribution in [-0.2, 0) is 4.74 Å². The topological polar surface area (TPSA) is 9.23 Å². The molecule has 88 valence electrons. The van der Waals surface area contributed by atoms with E-state index in [1.807, 2.05) is 0 Å². The van der Waals surface area contributed by atoms with E-state index in [0.29, 0.717) is 6.10 Å². The molecule has 0 aromatic heterocycles. The summed E-state index contributed by atoms with van der Waals surface area (Å²) in [5.41, 5.74) is 0. The Bertz CT molecular complexity index is 191. The van der Waals surface area contributed by atoms with Gasteiger partial charge in [-0.2, -0.15) is 0 Å². The third kappa shape index (κ3) is 3.88. The molecule has 0 aromatic carbocycles. The SMILES string of the molecule is CC(COC1CCCCCC1I)C1CC1. The highest BCUT2D eigenvalue weighted by Crippen LogP contribution is 2.37. The van der Waals surface area contributed by atoms with E-state index in [1.54, 1.807) is 0 Å². The van der Waals surface area contributed by atoms with Crippen LogP contribution in [0.4, 0.5) is 0 Å². The molecule has 0 amide bonds. The van der Waals surface area contributed by atoms with Gasteiger partial charge in [0.05, 0.1) is 6.10 Å². The summed E-state index contributed by atoms with van der Waals surface area (Å²) >= 11 is 2.60. The van der Waals surface area contributed by atoms with Gasteiger partial charge in [0, 0.05) is 10.5 Å². The van der Waals surface area contributed by atoms with Crippen LogP contribution in [0.15, 0.2) is 0 Å². The third-order valence-electron chi connectivity index (χ3n) is 3.87. The van der Waals surface area contributed by atoms with Gasteiger partial charge in [0.25, 0.3) is 0 Å². The van der Waals surface area contributed by atoms with Crippen molar-refractivity contribution in [2.45, 2.75) is 61.9 Å². The molecular formula is C13H23IO. The third-order valence-corrected chi connectivity index (χ3v) is 5.30. The molecule has 2 rings (SSSR count). The molecule has 0 aromatic rings. The van der Waals surface area contributed by atoms with Crippen molar-refractivity contribution in [3.63, 3.8) is 0 Å². The monoisotopic (exact) mass is 322 g/mol. The molecule has 2 aliphatic carbocycles. The lowest BCUT2D eigenvalue weighted by molar-refractivity contribution is 0.0257. The Labute approximate surface area is 107 Å². The Hall–Kier alpha value is 0.690. The van der Waals surface area contributed by atoms with Crippen LogP contribution in [0.3, 0.4) is 0 Å². The van der Waals surface area contributed by atoms with Crippen LogP contribution in [0, 0.1) is 11.8 Å². The average Bonchev–Trinajstić information content (AvgIpc) is 3.02. The summed E-state index contributed by atoms with van der Waals surface area (Å²) in [6.45, 7) is 3.37. The lowest BCUT2D eigenvalue weighted by Crippen LogP contribution is -2.25. The number of rotatable bonds is 4. The molecule has 15 heavy (non-hydrogen) atoms. The first-order chi connectivity index (χ1) is 7.27. The predicted molar refractivity (Wildman–Crippen MR) is 72.5 cm³/mol. The van der Waals surface area contributed by atoms with Gasteiger partial charge >= 0.3 is 0 Å². The largest absolute Gasteiger partial charge is 0.377 e. The molecule has 2 fully saturated rings. The number of ether oxygens (including phenoxy) is 1. The first-order valence-corrected chi connectivity index (χ1v) is 7.77. The van der Waals surface area contributed by atoms with Gasteiger partial charge in [0.1, 0.15) is 0 Å². The quantitative estimate of drug-likeness (QED) is 0.428. The van der Waals surface area contributed by atoms with Crippen molar-refractivity contribution in [1.29, 1.82) is 0 Å². The lowest BCUT2D eigenvalue weighted by atomic mass is 10.1. The summed E-state index contributed by atoms with van der Waals surface area (Å²) < 4.78 is 6.89. The average molecular weight is 322 g/mol. The van der Waals surface area contributed by atoms with E-state index in [0.717, 1.165) is 22.4 Å². The first-order valence-electron chi connectivity index (χ1n) is 6.53. The lowest BCUT2D eigenvalue weighted by Gasteiger charge is -2.22. The summed E-state index contributed by atoms with van der Waals surface area (Å²) in [6, 6.07) is 0. The molecule has 2 saturated carbocycles. The second-order valence-electron chi connectivity index (χ2n) is 5.34. The molecular weight excluding hydrogens is 299 g/mol. The maximum Gasteiger partial charge on any atom is 0.0692 e. The van der Waals surface area contributed by atoms with E-state index < -0.39 is 0 Å². The number of hydrogen-bond acceptors (Lipinski definition) is 1. The Balaban J connectivity index is 1.71. The highest BCUT2D eigenvalue weighted by molar-refractivity contribution is 14.1. The van der Waals surface area contributed by atoms with E-state index in [4.69, 9.17) is 4.74 Å². The predicted octanol–water partition coefficient (Wildman–Crippen LogP) is 4.19. The van der Waals surface area contributed by atoms with Crippen LogP contribution in [0.25, 0.3) is 0 Å². The van der Waals surface area contributed by atoms with Gasteiger partial charge in [0.15, 0.2) is 0 Å². The Morgan fingerprint density at radius 2 is 1.87 bits per heavy atom. The van der Waals surface area contributed by atoms with Crippen molar-refractivity contribution in [2.24, 2.45) is 11.8 Å². The van der Waals surface area contributed by atoms with Crippen LogP contribution in [0.5, 0.6) is 0 Å². The fourth-order valence-corrected chi connectivity index (χ4v) is 3.50. The van der Waals surface area contributed by atoms with Crippen LogP contribution in [-0.4, -0.2) is 16.6 Å². The molecule has 0 aliphatic heterocycles. The number of halogens is 1. The Morgan fingerprint density at radius 3 is 2.60 bits per heavy atom. The summed E-state index contributed by atoms with van der Waals surface area (Å²) in [5, 5.41) is 0. The molecule has 0 spiro atoms. The van der Waals surface area contributed by atoms with Crippen LogP contribution in [0.1, 0.15) is 51.9 Å². The minimum absolute atomic E-state index is 0.550. The molecule has 2 aliphatic rings. The Kier molecular flexibility index (Phi) is 4.74. The maximum atomic E-state index is 6.13. The van der Waals surface area contributed by atoms with Crippen molar-refractivity contribution in [2.75, 3.05) is 6.61 Å². The van der Waals surface area contributed by atoms with Gasteiger partial charge < -0.3 is 4.74 Å². The van der Waals surface area contributed by atoms with Gasteiger partial charge in [-0.1, -0.05) is 48.8 Å². The standard InChI is InChI=1S/C13H23IO/c1-10(11-7-8-11)9-15-13-6-4-2-3-5-12(13)14/h10-13H,2-9H2,1H3. The van der Waals surface area contributed by atoms with Gasteiger partial charge in [-0.05, 0) is 37.5 Å². The summed E-state index contributed by atoms with van der Waals surface area (Å²) in [6.07, 6.45) is 10.3. The van der Waals surface area contributed by atoms with Crippen LogP contribution >= 0.6 is 22.6 Å².